The van der Waals surface area contributed by atoms with Crippen LogP contribution in [0.25, 0.3) is 6.08 Å². The van der Waals surface area contributed by atoms with Crippen LogP contribution in [0.2, 0.25) is 5.02 Å². The minimum atomic E-state index is -1.16. The van der Waals surface area contributed by atoms with Gasteiger partial charge < -0.3 is 25.2 Å². The third-order valence-corrected chi connectivity index (χ3v) is 5.05. The van der Waals surface area contributed by atoms with Gasteiger partial charge in [0, 0.05) is 11.4 Å². The van der Waals surface area contributed by atoms with E-state index in [0.717, 1.165) is 0 Å². The summed E-state index contributed by atoms with van der Waals surface area (Å²) in [5.41, 5.74) is 0.593. The van der Waals surface area contributed by atoms with E-state index in [1.54, 1.807) is 6.07 Å². The Morgan fingerprint density at radius 2 is 1.81 bits per heavy atom. The maximum absolute atomic E-state index is 13.0. The number of carbonyl (C=O) groups excluding carboxylic acids is 2. The van der Waals surface area contributed by atoms with E-state index in [-0.39, 0.29) is 33.3 Å². The first-order valence-electron chi connectivity index (χ1n) is 10.5. The molecule has 0 saturated carbocycles. The van der Waals surface area contributed by atoms with Gasteiger partial charge in [0.15, 0.2) is 18.1 Å². The molecule has 0 atom stereocenters. The average Bonchev–Trinajstić information content (AvgIpc) is 2.87. The van der Waals surface area contributed by atoms with Crippen molar-refractivity contribution in [3.8, 4) is 17.6 Å². The number of anilines is 2. The number of carbonyl (C=O) groups is 3. The van der Waals surface area contributed by atoms with Crippen molar-refractivity contribution in [1.82, 2.24) is 0 Å². The second-order valence-electron chi connectivity index (χ2n) is 7.39. The number of nitriles is 1. The number of hydrogen-bond acceptors (Lipinski definition) is 6. The fourth-order valence-electron chi connectivity index (χ4n) is 3.07. The molecule has 37 heavy (non-hydrogen) atoms. The highest BCUT2D eigenvalue weighted by molar-refractivity contribution is 6.32. The molecule has 0 saturated heterocycles. The summed E-state index contributed by atoms with van der Waals surface area (Å²) in [7, 11) is 1.35. The Labute approximate surface area is 215 Å². The quantitative estimate of drug-likeness (QED) is 0.272. The minimum Gasteiger partial charge on any atom is -0.493 e. The number of nitrogens with zero attached hydrogens (tertiary/aromatic N) is 1. The van der Waals surface area contributed by atoms with Crippen molar-refractivity contribution in [3.05, 3.63) is 88.2 Å². The third kappa shape index (κ3) is 7.30. The minimum absolute atomic E-state index is 0.0289. The molecular weight excluding hydrogens is 505 g/mol. The van der Waals surface area contributed by atoms with E-state index in [9.17, 15) is 24.0 Å². The molecule has 0 aliphatic carbocycles. The molecule has 0 bridgehead atoms. The number of nitrogens with one attached hydrogen (secondary N) is 2. The van der Waals surface area contributed by atoms with Crippen LogP contribution in [0.1, 0.15) is 15.9 Å². The monoisotopic (exact) mass is 523 g/mol. The molecule has 0 unspecified atom stereocenters. The predicted octanol–water partition coefficient (Wildman–Crippen LogP) is 4.75. The summed E-state index contributed by atoms with van der Waals surface area (Å²) < 4.78 is 23.8. The van der Waals surface area contributed by atoms with Crippen LogP contribution in [0.5, 0.6) is 11.5 Å². The van der Waals surface area contributed by atoms with E-state index >= 15 is 0 Å². The summed E-state index contributed by atoms with van der Waals surface area (Å²) in [5.74, 6) is -2.69. The molecule has 3 aromatic carbocycles. The van der Waals surface area contributed by atoms with Crippen molar-refractivity contribution in [3.63, 3.8) is 0 Å². The van der Waals surface area contributed by atoms with Gasteiger partial charge in [0.1, 0.15) is 17.5 Å². The molecular formula is C26H19ClFN3O6. The molecule has 0 aliphatic rings. The van der Waals surface area contributed by atoms with E-state index in [1.165, 1.54) is 73.8 Å². The first-order valence-corrected chi connectivity index (χ1v) is 10.9. The molecule has 0 aromatic heterocycles. The lowest BCUT2D eigenvalue weighted by molar-refractivity contribution is -0.118. The van der Waals surface area contributed by atoms with Gasteiger partial charge >= 0.3 is 5.97 Å². The fraction of sp³-hybridized carbons (Fsp3) is 0.0769. The van der Waals surface area contributed by atoms with Crippen LogP contribution in [0.4, 0.5) is 15.8 Å². The molecule has 0 heterocycles. The van der Waals surface area contributed by atoms with Gasteiger partial charge in [-0.25, -0.2) is 9.18 Å². The van der Waals surface area contributed by atoms with Gasteiger partial charge in [0.25, 0.3) is 11.8 Å². The van der Waals surface area contributed by atoms with Crippen LogP contribution < -0.4 is 20.1 Å². The van der Waals surface area contributed by atoms with E-state index in [1.807, 2.05) is 0 Å². The number of carboxylic acid groups (broad SMARTS) is 1. The number of amides is 2. The highest BCUT2D eigenvalue weighted by atomic mass is 35.5. The lowest BCUT2D eigenvalue weighted by Gasteiger charge is -2.13. The van der Waals surface area contributed by atoms with Gasteiger partial charge in [-0.1, -0.05) is 17.7 Å². The summed E-state index contributed by atoms with van der Waals surface area (Å²) in [6.07, 6.45) is 1.26. The molecule has 0 aliphatic heterocycles. The number of halogens is 2. The Bertz CT molecular complexity index is 1420. The van der Waals surface area contributed by atoms with Crippen LogP contribution in [0, 0.1) is 17.1 Å². The highest BCUT2D eigenvalue weighted by Gasteiger charge is 2.16. The molecule has 0 spiro atoms. The lowest BCUT2D eigenvalue weighted by atomic mass is 10.1. The van der Waals surface area contributed by atoms with Crippen molar-refractivity contribution >= 4 is 46.8 Å². The zero-order chi connectivity index (χ0) is 26.9. The largest absolute Gasteiger partial charge is 0.493 e. The number of methoxy groups -OCH3 is 1. The normalized spacial score (nSPS) is 10.7. The molecule has 3 N–H and O–H groups in total. The van der Waals surface area contributed by atoms with Crippen molar-refractivity contribution in [1.29, 1.82) is 5.26 Å². The number of ether oxygens (including phenoxy) is 2. The Morgan fingerprint density at radius 3 is 2.46 bits per heavy atom. The van der Waals surface area contributed by atoms with E-state index < -0.39 is 30.2 Å². The number of rotatable bonds is 9. The Morgan fingerprint density at radius 1 is 1.08 bits per heavy atom. The number of hydrogen-bond donors (Lipinski definition) is 3. The smallest absolute Gasteiger partial charge is 0.335 e. The van der Waals surface area contributed by atoms with E-state index in [4.69, 9.17) is 26.2 Å². The van der Waals surface area contributed by atoms with Gasteiger partial charge in [-0.2, -0.15) is 5.26 Å². The first-order chi connectivity index (χ1) is 17.7. The van der Waals surface area contributed by atoms with Crippen LogP contribution >= 0.6 is 11.6 Å². The SMILES string of the molecule is COc1cc(/C=C(/C#N)C(=O)Nc2cccc(C(=O)O)c2)cc(Cl)c1OCC(=O)Nc1ccc(F)cc1. The van der Waals surface area contributed by atoms with Crippen LogP contribution in [-0.2, 0) is 9.59 Å². The number of benzene rings is 3. The standard InChI is InChI=1S/C26H19ClFN3O6/c1-36-22-11-15(9-17(13-29)25(33)31-20-4-2-3-16(12-20)26(34)35)10-21(27)24(22)37-14-23(32)30-19-7-5-18(28)6-8-19/h2-12H,14H2,1H3,(H,30,32)(H,31,33)(H,34,35)/b17-9-. The van der Waals surface area contributed by atoms with Gasteiger partial charge in [-0.15, -0.1) is 0 Å². The predicted molar refractivity (Wildman–Crippen MR) is 134 cm³/mol. The molecule has 2 amide bonds. The number of aromatic carboxylic acids is 1. The fourth-order valence-corrected chi connectivity index (χ4v) is 3.35. The van der Waals surface area contributed by atoms with Crippen molar-refractivity contribution in [2.24, 2.45) is 0 Å². The van der Waals surface area contributed by atoms with Gasteiger partial charge in [-0.3, -0.25) is 9.59 Å². The maximum Gasteiger partial charge on any atom is 0.335 e. The Balaban J connectivity index is 1.74. The maximum atomic E-state index is 13.0. The second kappa shape index (κ2) is 12.2. The van der Waals surface area contributed by atoms with Crippen LogP contribution in [0.3, 0.4) is 0 Å². The van der Waals surface area contributed by atoms with Gasteiger partial charge in [0.2, 0.25) is 0 Å². The second-order valence-corrected chi connectivity index (χ2v) is 7.79. The average molecular weight is 524 g/mol. The highest BCUT2D eigenvalue weighted by Crippen LogP contribution is 2.37. The molecule has 0 fully saturated rings. The zero-order valence-electron chi connectivity index (χ0n) is 19.2. The summed E-state index contributed by atoms with van der Waals surface area (Å²) >= 11 is 6.31. The third-order valence-electron chi connectivity index (χ3n) is 4.77. The van der Waals surface area contributed by atoms with Crippen molar-refractivity contribution in [2.45, 2.75) is 0 Å². The van der Waals surface area contributed by atoms with E-state index in [2.05, 4.69) is 10.6 Å². The molecule has 11 heteroatoms. The molecule has 3 rings (SSSR count). The first kappa shape index (κ1) is 26.7. The van der Waals surface area contributed by atoms with Gasteiger partial charge in [0.05, 0.1) is 17.7 Å². The Hall–Kier alpha value is -4.88. The summed E-state index contributed by atoms with van der Waals surface area (Å²) in [6, 6.07) is 15.4. The Kier molecular flexibility index (Phi) is 8.81. The zero-order valence-corrected chi connectivity index (χ0v) is 20.0. The lowest BCUT2D eigenvalue weighted by Crippen LogP contribution is -2.20. The van der Waals surface area contributed by atoms with Crippen LogP contribution in [-0.4, -0.2) is 36.6 Å². The molecule has 3 aromatic rings. The molecule has 188 valence electrons. The van der Waals surface area contributed by atoms with Crippen molar-refractivity contribution < 1.29 is 33.4 Å². The topological polar surface area (TPSA) is 138 Å². The summed E-state index contributed by atoms with van der Waals surface area (Å²) in [6.45, 7) is -0.427. The summed E-state index contributed by atoms with van der Waals surface area (Å²) in [4.78, 5) is 35.9. The van der Waals surface area contributed by atoms with Gasteiger partial charge in [-0.05, 0) is 66.2 Å². The van der Waals surface area contributed by atoms with E-state index in [0.29, 0.717) is 11.3 Å². The van der Waals surface area contributed by atoms with Crippen LogP contribution in [0.15, 0.2) is 66.2 Å². The number of carboxylic acids is 1. The molecule has 9 nitrogen and oxygen atoms in total. The van der Waals surface area contributed by atoms with Crippen molar-refractivity contribution in [2.75, 3.05) is 24.4 Å². The molecule has 0 radical (unpaired) electrons. The summed E-state index contributed by atoms with van der Waals surface area (Å²) in [5, 5.41) is 23.6.